The zero-order chi connectivity index (χ0) is 21.7. The van der Waals surface area contributed by atoms with Crippen molar-refractivity contribution < 1.29 is 14.3 Å². The number of carbonyl (C=O) groups excluding carboxylic acids is 1. The molecule has 1 amide bonds. The summed E-state index contributed by atoms with van der Waals surface area (Å²) in [5, 5.41) is 3.21. The number of hydrogen-bond donors (Lipinski definition) is 1. The van der Waals surface area contributed by atoms with E-state index in [0.717, 1.165) is 23.7 Å². The second kappa shape index (κ2) is 9.98. The topological polar surface area (TPSA) is 50.8 Å². The van der Waals surface area contributed by atoms with E-state index in [-0.39, 0.29) is 12.0 Å². The number of nitrogens with zero attached hydrogens (tertiary/aromatic N) is 1. The lowest BCUT2D eigenvalue weighted by Gasteiger charge is -2.30. The number of rotatable bonds is 8. The van der Waals surface area contributed by atoms with Gasteiger partial charge in [-0.3, -0.25) is 9.69 Å². The molecule has 5 nitrogen and oxygen atoms in total. The van der Waals surface area contributed by atoms with Gasteiger partial charge in [0.15, 0.2) is 11.5 Å². The minimum atomic E-state index is -0.0955. The second-order valence-electron chi connectivity index (χ2n) is 8.49. The molecule has 0 aliphatic carbocycles. The highest BCUT2D eigenvalue weighted by molar-refractivity contribution is 5.94. The van der Waals surface area contributed by atoms with Crippen LogP contribution in [0.25, 0.3) is 0 Å². The summed E-state index contributed by atoms with van der Waals surface area (Å²) < 4.78 is 11.9. The summed E-state index contributed by atoms with van der Waals surface area (Å²) in [7, 11) is 0. The van der Waals surface area contributed by atoms with Gasteiger partial charge in [-0.05, 0) is 41.6 Å². The van der Waals surface area contributed by atoms with E-state index in [1.165, 1.54) is 11.1 Å². The molecule has 0 bridgehead atoms. The Morgan fingerprint density at radius 1 is 1.03 bits per heavy atom. The Labute approximate surface area is 180 Å². The molecule has 1 heterocycles. The first-order valence-electron chi connectivity index (χ1n) is 10.9. The van der Waals surface area contributed by atoms with Crippen LogP contribution in [0.1, 0.15) is 57.6 Å². The Morgan fingerprint density at radius 2 is 1.67 bits per heavy atom. The number of ether oxygens (including phenoxy) is 2. The van der Waals surface area contributed by atoms with E-state index >= 15 is 0 Å². The molecule has 2 aromatic rings. The molecule has 5 heteroatoms. The van der Waals surface area contributed by atoms with Gasteiger partial charge in [-0.15, -0.1) is 0 Å². The summed E-state index contributed by atoms with van der Waals surface area (Å²) in [5.74, 6) is 2.23. The highest BCUT2D eigenvalue weighted by Crippen LogP contribution is 2.33. The number of amides is 1. The van der Waals surface area contributed by atoms with Gasteiger partial charge in [0.2, 0.25) is 5.91 Å². The maximum absolute atomic E-state index is 12.9. The van der Waals surface area contributed by atoms with Crippen molar-refractivity contribution >= 4 is 11.6 Å². The molecule has 0 spiro atoms. The van der Waals surface area contributed by atoms with Crippen molar-refractivity contribution in [3.05, 3.63) is 53.6 Å². The van der Waals surface area contributed by atoms with E-state index in [1.807, 2.05) is 24.3 Å². The van der Waals surface area contributed by atoms with Gasteiger partial charge in [-0.1, -0.05) is 65.0 Å². The van der Waals surface area contributed by atoms with Gasteiger partial charge in [0, 0.05) is 12.2 Å². The van der Waals surface area contributed by atoms with Crippen LogP contribution in [-0.4, -0.2) is 43.2 Å². The van der Waals surface area contributed by atoms with E-state index < -0.39 is 0 Å². The van der Waals surface area contributed by atoms with Crippen molar-refractivity contribution in [2.45, 2.75) is 52.6 Å². The lowest BCUT2D eigenvalue weighted by molar-refractivity contribution is -0.117. The zero-order valence-corrected chi connectivity index (χ0v) is 18.8. The molecular formula is C25H34N2O3. The predicted octanol–water partition coefficient (Wildman–Crippen LogP) is 5.03. The number of benzene rings is 2. The molecule has 0 saturated heterocycles. The maximum atomic E-state index is 12.9. The maximum Gasteiger partial charge on any atom is 0.238 e. The first-order valence-corrected chi connectivity index (χ1v) is 10.9. The van der Waals surface area contributed by atoms with Crippen molar-refractivity contribution in [2.24, 2.45) is 0 Å². The highest BCUT2D eigenvalue weighted by Gasteiger charge is 2.24. The number of para-hydroxylation sites is 3. The minimum Gasteiger partial charge on any atom is -0.486 e. The summed E-state index contributed by atoms with van der Waals surface area (Å²) in [6.45, 7) is 12.9. The number of nitrogens with one attached hydrogen (secondary N) is 1. The number of likely N-dealkylation sites (N-methyl/N-ethyl adjacent to an activating group) is 1. The molecule has 0 aromatic heterocycles. The molecule has 1 aliphatic heterocycles. The second-order valence-corrected chi connectivity index (χ2v) is 8.49. The van der Waals surface area contributed by atoms with Gasteiger partial charge in [0.1, 0.15) is 12.7 Å². The highest BCUT2D eigenvalue weighted by atomic mass is 16.6. The first kappa shape index (κ1) is 22.2. The standard InChI is InChI=1S/C25H34N2O3/c1-6-27(14-19-16-29-22-12-7-8-13-23(22)30-19)15-24(28)26-25-20(17(2)3)10-9-11-21(25)18(4)5/h7-13,17-19H,6,14-16H2,1-5H3,(H,26,28). The van der Waals surface area contributed by atoms with Crippen LogP contribution in [0.15, 0.2) is 42.5 Å². The first-order chi connectivity index (χ1) is 14.4. The van der Waals surface area contributed by atoms with Gasteiger partial charge in [0.25, 0.3) is 0 Å². The fourth-order valence-electron chi connectivity index (χ4n) is 3.82. The molecule has 3 rings (SSSR count). The van der Waals surface area contributed by atoms with Gasteiger partial charge >= 0.3 is 0 Å². The molecule has 30 heavy (non-hydrogen) atoms. The summed E-state index contributed by atoms with van der Waals surface area (Å²) >= 11 is 0. The average Bonchev–Trinajstić information content (AvgIpc) is 2.72. The van der Waals surface area contributed by atoms with Crippen molar-refractivity contribution in [3.63, 3.8) is 0 Å². The fourth-order valence-corrected chi connectivity index (χ4v) is 3.82. The van der Waals surface area contributed by atoms with E-state index in [4.69, 9.17) is 9.47 Å². The largest absolute Gasteiger partial charge is 0.486 e. The molecule has 1 unspecified atom stereocenters. The summed E-state index contributed by atoms with van der Waals surface area (Å²) in [5.41, 5.74) is 3.33. The molecule has 0 fully saturated rings. The van der Waals surface area contributed by atoms with E-state index in [9.17, 15) is 4.79 Å². The van der Waals surface area contributed by atoms with Crippen LogP contribution >= 0.6 is 0 Å². The molecule has 0 saturated carbocycles. The summed E-state index contributed by atoms with van der Waals surface area (Å²) in [4.78, 5) is 15.0. The molecule has 1 atom stereocenters. The van der Waals surface area contributed by atoms with Crippen LogP contribution in [-0.2, 0) is 4.79 Å². The number of anilines is 1. The monoisotopic (exact) mass is 410 g/mol. The van der Waals surface area contributed by atoms with Crippen LogP contribution in [0.5, 0.6) is 11.5 Å². The van der Waals surface area contributed by atoms with E-state index in [1.54, 1.807) is 0 Å². The van der Waals surface area contributed by atoms with Crippen LogP contribution in [0, 0.1) is 0 Å². The smallest absolute Gasteiger partial charge is 0.238 e. The van der Waals surface area contributed by atoms with Gasteiger partial charge in [-0.2, -0.15) is 0 Å². The molecule has 1 N–H and O–H groups in total. The third-order valence-corrected chi connectivity index (χ3v) is 5.48. The molecule has 162 valence electrons. The Kier molecular flexibility index (Phi) is 7.38. The van der Waals surface area contributed by atoms with Crippen LogP contribution in [0.2, 0.25) is 0 Å². The van der Waals surface area contributed by atoms with Crippen molar-refractivity contribution in [3.8, 4) is 11.5 Å². The molecule has 0 radical (unpaired) electrons. The fraction of sp³-hybridized carbons (Fsp3) is 0.480. The van der Waals surface area contributed by atoms with Crippen LogP contribution in [0.3, 0.4) is 0 Å². The van der Waals surface area contributed by atoms with Gasteiger partial charge < -0.3 is 14.8 Å². The molecule has 2 aromatic carbocycles. The van der Waals surface area contributed by atoms with Crippen molar-refractivity contribution in [2.75, 3.05) is 31.6 Å². The zero-order valence-electron chi connectivity index (χ0n) is 18.8. The van der Waals surface area contributed by atoms with Gasteiger partial charge in [-0.25, -0.2) is 0 Å². The van der Waals surface area contributed by atoms with E-state index in [2.05, 4.69) is 63.0 Å². The molecule has 1 aliphatic rings. The lowest BCUT2D eigenvalue weighted by atomic mass is 9.92. The third kappa shape index (κ3) is 5.33. The molecular weight excluding hydrogens is 376 g/mol. The van der Waals surface area contributed by atoms with Crippen LogP contribution in [0.4, 0.5) is 5.69 Å². The number of carbonyl (C=O) groups is 1. The minimum absolute atomic E-state index is 0.00368. The SMILES string of the molecule is CCN(CC(=O)Nc1c(C(C)C)cccc1C(C)C)CC1COc2ccccc2O1. The van der Waals surface area contributed by atoms with Crippen LogP contribution < -0.4 is 14.8 Å². The third-order valence-electron chi connectivity index (χ3n) is 5.48. The lowest BCUT2D eigenvalue weighted by Crippen LogP contribution is -2.43. The summed E-state index contributed by atoms with van der Waals surface area (Å²) in [6, 6.07) is 14.0. The number of hydrogen-bond acceptors (Lipinski definition) is 4. The van der Waals surface area contributed by atoms with Crippen molar-refractivity contribution in [1.29, 1.82) is 0 Å². The quantitative estimate of drug-likeness (QED) is 0.663. The Morgan fingerprint density at radius 3 is 2.27 bits per heavy atom. The predicted molar refractivity (Wildman–Crippen MR) is 122 cm³/mol. The normalized spacial score (nSPS) is 15.7. The van der Waals surface area contributed by atoms with E-state index in [0.29, 0.717) is 31.5 Å². The average molecular weight is 411 g/mol. The number of fused-ring (bicyclic) bond motifs is 1. The Bertz CT molecular complexity index is 837. The Balaban J connectivity index is 1.65. The van der Waals surface area contributed by atoms with Gasteiger partial charge in [0.05, 0.1) is 6.54 Å². The Hall–Kier alpha value is -2.53. The van der Waals surface area contributed by atoms with Crippen molar-refractivity contribution in [1.82, 2.24) is 4.90 Å². The summed E-state index contributed by atoms with van der Waals surface area (Å²) in [6.07, 6.45) is -0.0955.